The number of aliphatic hydroxyl groups is 1. The Balaban J connectivity index is 1.93. The molecule has 2 aliphatic rings. The van der Waals surface area contributed by atoms with E-state index in [0.717, 1.165) is 19.3 Å². The lowest BCUT2D eigenvalue weighted by Crippen LogP contribution is -2.67. The van der Waals surface area contributed by atoms with Gasteiger partial charge in [-0.25, -0.2) is 4.39 Å². The number of hydrogen-bond donors (Lipinski definition) is 2. The van der Waals surface area contributed by atoms with Crippen molar-refractivity contribution in [2.45, 2.75) is 70.2 Å². The average Bonchev–Trinajstić information content (AvgIpc) is 2.57. The number of piperazine rings is 1. The Kier molecular flexibility index (Phi) is 5.14. The van der Waals surface area contributed by atoms with E-state index in [9.17, 15) is 13.2 Å². The molecule has 0 amide bonds. The number of alkyl halides is 2. The molecule has 0 radical (unpaired) electrons. The van der Waals surface area contributed by atoms with Gasteiger partial charge in [0, 0.05) is 35.4 Å². The molecule has 0 aromatic heterocycles. The number of halogens is 3. The van der Waals surface area contributed by atoms with E-state index in [1.807, 2.05) is 0 Å². The lowest BCUT2D eigenvalue weighted by Gasteiger charge is -2.52. The van der Waals surface area contributed by atoms with Gasteiger partial charge in [-0.3, -0.25) is 0 Å². The summed E-state index contributed by atoms with van der Waals surface area (Å²) in [5.41, 5.74) is 0.882. The van der Waals surface area contributed by atoms with Gasteiger partial charge in [0.15, 0.2) is 11.6 Å². The first-order valence-corrected chi connectivity index (χ1v) is 9.15. The summed E-state index contributed by atoms with van der Waals surface area (Å²) in [6.45, 7) is 5.04. The van der Waals surface area contributed by atoms with Crippen LogP contribution in [0, 0.1) is 12.7 Å². The Labute approximate surface area is 152 Å². The molecule has 1 aliphatic carbocycles. The number of hydrogen-bond acceptors (Lipinski definition) is 4. The van der Waals surface area contributed by atoms with Gasteiger partial charge in [0.1, 0.15) is 6.61 Å². The maximum absolute atomic E-state index is 14.7. The summed E-state index contributed by atoms with van der Waals surface area (Å²) in [5.74, 6) is -1.35. The highest BCUT2D eigenvalue weighted by molar-refractivity contribution is 5.58. The average molecular weight is 372 g/mol. The number of anilines is 1. The van der Waals surface area contributed by atoms with E-state index in [2.05, 4.69) is 28.8 Å². The van der Waals surface area contributed by atoms with Crippen molar-refractivity contribution in [1.29, 1.82) is 0 Å². The molecule has 1 aromatic rings. The first-order chi connectivity index (χ1) is 12.1. The van der Waals surface area contributed by atoms with Crippen LogP contribution < -0.4 is 15.0 Å². The normalized spacial score (nSPS) is 25.7. The summed E-state index contributed by atoms with van der Waals surface area (Å²) in [4.78, 5) is 2.21. The second-order valence-corrected chi connectivity index (χ2v) is 8.03. The first-order valence-electron chi connectivity index (χ1n) is 9.15. The lowest BCUT2D eigenvalue weighted by atomic mass is 9.83. The number of benzene rings is 1. The van der Waals surface area contributed by atoms with Crippen LogP contribution in [0.2, 0.25) is 0 Å². The summed E-state index contributed by atoms with van der Waals surface area (Å²) in [6, 6.07) is 3.48. The van der Waals surface area contributed by atoms with Gasteiger partial charge in [-0.2, -0.15) is 8.78 Å². The molecule has 1 aromatic carbocycles. The molecule has 146 valence electrons. The minimum absolute atomic E-state index is 0.124. The largest absolute Gasteiger partial charge is 0.428 e. The molecule has 4 nitrogen and oxygen atoms in total. The number of rotatable bonds is 4. The third-order valence-electron chi connectivity index (χ3n) is 5.35. The van der Waals surface area contributed by atoms with Crippen LogP contribution in [0.5, 0.6) is 5.75 Å². The van der Waals surface area contributed by atoms with Crippen LogP contribution in [-0.2, 0) is 0 Å². The van der Waals surface area contributed by atoms with E-state index in [1.54, 1.807) is 13.0 Å². The fourth-order valence-corrected chi connectivity index (χ4v) is 4.24. The molecule has 2 N–H and O–H groups in total. The molecule has 0 bridgehead atoms. The summed E-state index contributed by atoms with van der Waals surface area (Å²) < 4.78 is 45.6. The van der Waals surface area contributed by atoms with Crippen molar-refractivity contribution in [1.82, 2.24) is 5.32 Å². The van der Waals surface area contributed by atoms with Crippen molar-refractivity contribution < 1.29 is 23.0 Å². The highest BCUT2D eigenvalue weighted by Gasteiger charge is 2.41. The first kappa shape index (κ1) is 19.3. The number of aliphatic hydroxyl groups excluding tert-OH is 1. The zero-order valence-corrected chi connectivity index (χ0v) is 15.5. The molecular weight excluding hydrogens is 345 g/mol. The second kappa shape index (κ2) is 6.93. The van der Waals surface area contributed by atoms with E-state index in [-0.39, 0.29) is 11.6 Å². The van der Waals surface area contributed by atoms with E-state index < -0.39 is 24.3 Å². The molecule has 2 fully saturated rings. The number of ether oxygens (including phenoxy) is 1. The summed E-state index contributed by atoms with van der Waals surface area (Å²) in [7, 11) is 0. The SMILES string of the molecule is Cc1c(N2CC(C)(C)N[C@@H]3CCCC[C@@H]32)ccc(OC(F)(F)CO)c1F. The van der Waals surface area contributed by atoms with Gasteiger partial charge in [0.05, 0.1) is 0 Å². The van der Waals surface area contributed by atoms with Gasteiger partial charge >= 0.3 is 6.11 Å². The zero-order chi connectivity index (χ0) is 19.1. The van der Waals surface area contributed by atoms with E-state index >= 15 is 0 Å². The molecular formula is C19H27F3N2O2. The van der Waals surface area contributed by atoms with Crippen molar-refractivity contribution >= 4 is 5.69 Å². The van der Waals surface area contributed by atoms with Gasteiger partial charge in [0.25, 0.3) is 0 Å². The topological polar surface area (TPSA) is 44.7 Å². The Bertz CT molecular complexity index is 666. The molecule has 26 heavy (non-hydrogen) atoms. The van der Waals surface area contributed by atoms with Gasteiger partial charge in [0.2, 0.25) is 0 Å². The van der Waals surface area contributed by atoms with Crippen molar-refractivity contribution in [2.75, 3.05) is 18.1 Å². The van der Waals surface area contributed by atoms with E-state index in [1.165, 1.54) is 12.5 Å². The molecule has 1 aliphatic heterocycles. The van der Waals surface area contributed by atoms with Crippen LogP contribution in [-0.4, -0.2) is 42.0 Å². The fourth-order valence-electron chi connectivity index (χ4n) is 4.24. The number of fused-ring (bicyclic) bond motifs is 1. The predicted octanol–water partition coefficient (Wildman–Crippen LogP) is 3.60. The van der Waals surface area contributed by atoms with Crippen LogP contribution in [0.1, 0.15) is 45.1 Å². The third-order valence-corrected chi connectivity index (χ3v) is 5.35. The van der Waals surface area contributed by atoms with Crippen LogP contribution in [0.3, 0.4) is 0 Å². The zero-order valence-electron chi connectivity index (χ0n) is 15.5. The molecule has 7 heteroatoms. The molecule has 2 atom stereocenters. The van der Waals surface area contributed by atoms with Crippen LogP contribution in [0.15, 0.2) is 12.1 Å². The van der Waals surface area contributed by atoms with Crippen molar-refractivity contribution in [3.05, 3.63) is 23.5 Å². The van der Waals surface area contributed by atoms with Gasteiger partial charge in [-0.05, 0) is 45.7 Å². The highest BCUT2D eigenvalue weighted by Crippen LogP contribution is 2.38. The van der Waals surface area contributed by atoms with E-state index in [0.29, 0.717) is 23.8 Å². The van der Waals surface area contributed by atoms with E-state index in [4.69, 9.17) is 5.11 Å². The summed E-state index contributed by atoms with van der Waals surface area (Å²) in [6.07, 6.45) is 0.603. The predicted molar refractivity (Wildman–Crippen MR) is 94.4 cm³/mol. The van der Waals surface area contributed by atoms with Gasteiger partial charge in [-0.1, -0.05) is 12.8 Å². The Morgan fingerprint density at radius 2 is 2.00 bits per heavy atom. The lowest BCUT2D eigenvalue weighted by molar-refractivity contribution is -0.202. The number of nitrogens with one attached hydrogen (secondary N) is 1. The van der Waals surface area contributed by atoms with Crippen molar-refractivity contribution in [3.8, 4) is 5.75 Å². The van der Waals surface area contributed by atoms with Crippen LogP contribution in [0.25, 0.3) is 0 Å². The van der Waals surface area contributed by atoms with Crippen LogP contribution in [0.4, 0.5) is 18.9 Å². The minimum atomic E-state index is -3.81. The molecule has 0 unspecified atom stereocenters. The minimum Gasteiger partial charge on any atom is -0.428 e. The Hall–Kier alpha value is -1.47. The standard InChI is InChI=1S/C19H27F3N2O2/c1-12-14(8-9-16(17(12)20)26-19(21,22)11-25)24-10-18(2,3)23-13-6-4-5-7-15(13)24/h8-9,13,15,23,25H,4-7,10-11H2,1-3H3/t13-,15+/m1/s1. The molecule has 3 rings (SSSR count). The third kappa shape index (κ3) is 3.78. The molecule has 0 spiro atoms. The molecule has 1 saturated carbocycles. The van der Waals surface area contributed by atoms with Gasteiger partial charge in [-0.15, -0.1) is 0 Å². The van der Waals surface area contributed by atoms with Gasteiger partial charge < -0.3 is 20.1 Å². The second-order valence-electron chi connectivity index (χ2n) is 8.03. The van der Waals surface area contributed by atoms with Crippen molar-refractivity contribution in [2.24, 2.45) is 0 Å². The molecule has 1 saturated heterocycles. The summed E-state index contributed by atoms with van der Waals surface area (Å²) in [5, 5.41) is 12.3. The Morgan fingerprint density at radius 3 is 2.69 bits per heavy atom. The Morgan fingerprint density at radius 1 is 1.31 bits per heavy atom. The quantitative estimate of drug-likeness (QED) is 0.848. The highest BCUT2D eigenvalue weighted by atomic mass is 19.3. The fraction of sp³-hybridized carbons (Fsp3) is 0.684. The maximum Gasteiger partial charge on any atom is 0.421 e. The maximum atomic E-state index is 14.7. The number of nitrogens with zero attached hydrogens (tertiary/aromatic N) is 1. The monoisotopic (exact) mass is 372 g/mol. The summed E-state index contributed by atoms with van der Waals surface area (Å²) >= 11 is 0. The van der Waals surface area contributed by atoms with Crippen molar-refractivity contribution in [3.63, 3.8) is 0 Å². The molecule has 1 heterocycles. The van der Waals surface area contributed by atoms with Crippen LogP contribution >= 0.6 is 0 Å². The smallest absolute Gasteiger partial charge is 0.421 e.